The third-order valence-corrected chi connectivity index (χ3v) is 3.91. The summed E-state index contributed by atoms with van der Waals surface area (Å²) in [6, 6.07) is 10.9. The molecule has 1 amide bonds. The molecule has 0 spiro atoms. The minimum absolute atomic E-state index is 0.225. The van der Waals surface area contributed by atoms with Gasteiger partial charge in [0.05, 0.1) is 7.11 Å². The number of hydrogen-bond donors (Lipinski definition) is 1. The summed E-state index contributed by atoms with van der Waals surface area (Å²) in [5, 5.41) is 2.85. The van der Waals surface area contributed by atoms with Crippen LogP contribution in [-0.2, 0) is 0 Å². The number of ether oxygens (including phenoxy) is 3. The summed E-state index contributed by atoms with van der Waals surface area (Å²) < 4.78 is 17.5. The molecule has 0 fully saturated rings. The van der Waals surface area contributed by atoms with Gasteiger partial charge in [0.25, 0.3) is 5.91 Å². The number of methoxy groups -OCH3 is 1. The van der Waals surface area contributed by atoms with E-state index in [2.05, 4.69) is 27.9 Å². The summed E-state index contributed by atoms with van der Waals surface area (Å²) >= 11 is 2.21. The molecule has 0 aliphatic carbocycles. The lowest BCUT2D eigenvalue weighted by atomic mass is 10.1. The molecule has 1 N–H and O–H groups in total. The van der Waals surface area contributed by atoms with Gasteiger partial charge in [-0.1, -0.05) is 0 Å². The van der Waals surface area contributed by atoms with Crippen molar-refractivity contribution in [2.45, 2.75) is 0 Å². The topological polar surface area (TPSA) is 56.8 Å². The van der Waals surface area contributed by atoms with Crippen LogP contribution in [0.2, 0.25) is 0 Å². The molecule has 2 aromatic carbocycles. The molecule has 0 saturated heterocycles. The fourth-order valence-electron chi connectivity index (χ4n) is 2.14. The van der Waals surface area contributed by atoms with Gasteiger partial charge in [0.15, 0.2) is 11.5 Å². The fraction of sp³-hybridized carbons (Fsp3) is 0.188. The van der Waals surface area contributed by atoms with Gasteiger partial charge in [0, 0.05) is 14.8 Å². The van der Waals surface area contributed by atoms with Crippen molar-refractivity contribution in [1.29, 1.82) is 0 Å². The Bertz CT molecular complexity index is 683. The first-order chi connectivity index (χ1) is 10.7. The molecule has 0 unspecified atom stereocenters. The fourth-order valence-corrected chi connectivity index (χ4v) is 2.50. The van der Waals surface area contributed by atoms with E-state index in [4.69, 9.17) is 14.2 Å². The third kappa shape index (κ3) is 3.11. The summed E-state index contributed by atoms with van der Waals surface area (Å²) in [7, 11) is 1.54. The van der Waals surface area contributed by atoms with E-state index in [1.54, 1.807) is 12.1 Å². The molecule has 3 rings (SSSR count). The molecule has 5 nitrogen and oxygen atoms in total. The first-order valence-electron chi connectivity index (χ1n) is 6.72. The number of fused-ring (bicyclic) bond motifs is 1. The molecule has 6 heteroatoms. The van der Waals surface area contributed by atoms with Gasteiger partial charge in [-0.15, -0.1) is 0 Å². The predicted molar refractivity (Wildman–Crippen MR) is 91.1 cm³/mol. The summed E-state index contributed by atoms with van der Waals surface area (Å²) in [6.45, 7) is 0.926. The number of carbonyl (C=O) groups excluding carboxylic acids is 1. The minimum Gasteiger partial charge on any atom is -0.493 e. The predicted octanol–water partition coefficient (Wildman–Crippen LogP) is 3.32. The number of halogens is 1. The number of anilines is 1. The average molecular weight is 411 g/mol. The Morgan fingerprint density at radius 1 is 1.18 bits per heavy atom. The number of rotatable bonds is 3. The van der Waals surface area contributed by atoms with Crippen LogP contribution >= 0.6 is 22.6 Å². The Hall–Kier alpha value is -1.96. The highest BCUT2D eigenvalue weighted by Gasteiger charge is 2.20. The zero-order valence-electron chi connectivity index (χ0n) is 11.9. The first kappa shape index (κ1) is 15.0. The average Bonchev–Trinajstić information content (AvgIpc) is 2.55. The van der Waals surface area contributed by atoms with Crippen molar-refractivity contribution in [2.24, 2.45) is 0 Å². The molecule has 0 atom stereocenters. The van der Waals surface area contributed by atoms with E-state index >= 15 is 0 Å². The van der Waals surface area contributed by atoms with E-state index in [9.17, 15) is 4.79 Å². The Labute approximate surface area is 141 Å². The van der Waals surface area contributed by atoms with Gasteiger partial charge in [0.2, 0.25) is 5.75 Å². The monoisotopic (exact) mass is 411 g/mol. The maximum absolute atomic E-state index is 12.4. The second kappa shape index (κ2) is 6.43. The van der Waals surface area contributed by atoms with E-state index in [1.807, 2.05) is 24.3 Å². The zero-order chi connectivity index (χ0) is 15.5. The van der Waals surface area contributed by atoms with Gasteiger partial charge in [-0.05, 0) is 59.0 Å². The van der Waals surface area contributed by atoms with Gasteiger partial charge in [0.1, 0.15) is 13.2 Å². The lowest BCUT2D eigenvalue weighted by Crippen LogP contribution is -2.18. The van der Waals surface area contributed by atoms with Crippen molar-refractivity contribution in [3.63, 3.8) is 0 Å². The molecule has 0 saturated carbocycles. The van der Waals surface area contributed by atoms with Crippen molar-refractivity contribution >= 4 is 34.2 Å². The van der Waals surface area contributed by atoms with Crippen LogP contribution in [0, 0.1) is 3.57 Å². The molecule has 0 radical (unpaired) electrons. The van der Waals surface area contributed by atoms with Crippen LogP contribution in [0.3, 0.4) is 0 Å². The van der Waals surface area contributed by atoms with Gasteiger partial charge in [-0.3, -0.25) is 4.79 Å². The second-order valence-corrected chi connectivity index (χ2v) is 5.91. The summed E-state index contributed by atoms with van der Waals surface area (Å²) in [6.07, 6.45) is 0. The van der Waals surface area contributed by atoms with Crippen LogP contribution in [0.1, 0.15) is 10.4 Å². The normalized spacial score (nSPS) is 12.6. The first-order valence-corrected chi connectivity index (χ1v) is 7.80. The highest BCUT2D eigenvalue weighted by atomic mass is 127. The summed E-state index contributed by atoms with van der Waals surface area (Å²) in [5.74, 6) is 1.33. The number of carbonyl (C=O) groups is 1. The molecule has 2 aromatic rings. The van der Waals surface area contributed by atoms with Crippen molar-refractivity contribution in [3.05, 3.63) is 45.5 Å². The van der Waals surface area contributed by atoms with Gasteiger partial charge in [-0.2, -0.15) is 0 Å². The summed E-state index contributed by atoms with van der Waals surface area (Å²) in [5.41, 5.74) is 1.19. The Kier molecular flexibility index (Phi) is 4.37. The molecular weight excluding hydrogens is 397 g/mol. The Morgan fingerprint density at radius 3 is 2.64 bits per heavy atom. The van der Waals surface area contributed by atoms with Crippen molar-refractivity contribution < 1.29 is 19.0 Å². The third-order valence-electron chi connectivity index (χ3n) is 3.19. The molecule has 1 heterocycles. The lowest BCUT2D eigenvalue weighted by Gasteiger charge is -2.21. The van der Waals surface area contributed by atoms with Crippen LogP contribution in [0.25, 0.3) is 0 Å². The maximum Gasteiger partial charge on any atom is 0.255 e. The van der Waals surface area contributed by atoms with Crippen molar-refractivity contribution in [2.75, 3.05) is 25.6 Å². The van der Waals surface area contributed by atoms with Crippen LogP contribution in [0.4, 0.5) is 5.69 Å². The standard InChI is InChI=1S/C16H14INO4/c1-20-13-8-10(9-14-15(13)22-7-6-21-14)16(19)18-12-4-2-11(17)3-5-12/h2-5,8-9H,6-7H2,1H3,(H,18,19). The van der Waals surface area contributed by atoms with Crippen molar-refractivity contribution in [1.82, 2.24) is 0 Å². The van der Waals surface area contributed by atoms with Crippen LogP contribution in [0.5, 0.6) is 17.2 Å². The molecule has 114 valence electrons. The van der Waals surface area contributed by atoms with Gasteiger partial charge >= 0.3 is 0 Å². The Balaban J connectivity index is 1.87. The number of hydrogen-bond acceptors (Lipinski definition) is 4. The summed E-state index contributed by atoms with van der Waals surface area (Å²) in [4.78, 5) is 12.4. The smallest absolute Gasteiger partial charge is 0.255 e. The Morgan fingerprint density at radius 2 is 1.91 bits per heavy atom. The van der Waals surface area contributed by atoms with E-state index in [0.29, 0.717) is 36.0 Å². The minimum atomic E-state index is -0.225. The lowest BCUT2D eigenvalue weighted by molar-refractivity contribution is 0.102. The highest BCUT2D eigenvalue weighted by molar-refractivity contribution is 14.1. The molecule has 1 aliphatic heterocycles. The van der Waals surface area contributed by atoms with Crippen molar-refractivity contribution in [3.8, 4) is 17.2 Å². The highest BCUT2D eigenvalue weighted by Crippen LogP contribution is 2.40. The van der Waals surface area contributed by atoms with Crippen LogP contribution < -0.4 is 19.5 Å². The molecule has 0 aromatic heterocycles. The SMILES string of the molecule is COc1cc(C(=O)Nc2ccc(I)cc2)cc2c1OCCO2. The molecule has 22 heavy (non-hydrogen) atoms. The molecule has 1 aliphatic rings. The van der Waals surface area contributed by atoms with E-state index in [1.165, 1.54) is 7.11 Å². The van der Waals surface area contributed by atoms with Gasteiger partial charge < -0.3 is 19.5 Å². The van der Waals surface area contributed by atoms with Crippen LogP contribution in [-0.4, -0.2) is 26.2 Å². The number of nitrogens with one attached hydrogen (secondary N) is 1. The second-order valence-electron chi connectivity index (χ2n) is 4.66. The van der Waals surface area contributed by atoms with E-state index < -0.39 is 0 Å². The number of benzene rings is 2. The van der Waals surface area contributed by atoms with Gasteiger partial charge in [-0.25, -0.2) is 0 Å². The maximum atomic E-state index is 12.4. The molecule has 0 bridgehead atoms. The molecular formula is C16H14INO4. The largest absolute Gasteiger partial charge is 0.493 e. The quantitative estimate of drug-likeness (QED) is 0.788. The van der Waals surface area contributed by atoms with Crippen LogP contribution in [0.15, 0.2) is 36.4 Å². The van der Waals surface area contributed by atoms with E-state index in [0.717, 1.165) is 9.26 Å². The zero-order valence-corrected chi connectivity index (χ0v) is 14.0. The van der Waals surface area contributed by atoms with E-state index in [-0.39, 0.29) is 5.91 Å². The number of amides is 1.